The molecule has 0 N–H and O–H groups in total. The summed E-state index contributed by atoms with van der Waals surface area (Å²) in [5, 5.41) is 0. The third kappa shape index (κ3) is 6.52. The van der Waals surface area contributed by atoms with Crippen molar-refractivity contribution in [2.45, 2.75) is 122 Å². The Morgan fingerprint density at radius 3 is 1.85 bits per heavy atom. The number of rotatable bonds is 8. The molecule has 0 aromatic heterocycles. The van der Waals surface area contributed by atoms with E-state index in [1.165, 1.54) is 77.0 Å². The molecular weight excluding hydrogens is 422 g/mol. The third-order valence-electron chi connectivity index (χ3n) is 10.00. The van der Waals surface area contributed by atoms with Gasteiger partial charge in [-0.1, -0.05) is 63.8 Å². The van der Waals surface area contributed by atoms with E-state index < -0.39 is 11.6 Å². The van der Waals surface area contributed by atoms with Gasteiger partial charge in [-0.3, -0.25) is 0 Å². The minimum atomic E-state index is -0.589. The molecule has 0 bridgehead atoms. The first-order valence-electron chi connectivity index (χ1n) is 14.7. The number of hydrogen-bond donors (Lipinski definition) is 0. The van der Waals surface area contributed by atoms with E-state index in [4.69, 9.17) is 0 Å². The van der Waals surface area contributed by atoms with E-state index >= 15 is 4.39 Å². The number of allylic oxidation sites excluding steroid dienone is 2. The van der Waals surface area contributed by atoms with Gasteiger partial charge in [-0.15, -0.1) is 0 Å². The van der Waals surface area contributed by atoms with Crippen molar-refractivity contribution < 1.29 is 8.78 Å². The summed E-state index contributed by atoms with van der Waals surface area (Å²) < 4.78 is 30.0. The molecule has 34 heavy (non-hydrogen) atoms. The summed E-state index contributed by atoms with van der Waals surface area (Å²) in [6.45, 7) is 4.62. The lowest BCUT2D eigenvalue weighted by Gasteiger charge is -2.38. The van der Waals surface area contributed by atoms with E-state index in [0.29, 0.717) is 23.5 Å². The molecule has 0 radical (unpaired) electrons. The third-order valence-corrected chi connectivity index (χ3v) is 10.00. The summed E-state index contributed by atoms with van der Waals surface area (Å²) >= 11 is 0. The fourth-order valence-electron chi connectivity index (χ4n) is 7.40. The zero-order valence-electron chi connectivity index (χ0n) is 21.8. The average molecular weight is 471 g/mol. The highest BCUT2D eigenvalue weighted by Crippen LogP contribution is 2.45. The molecule has 0 spiro atoms. The molecule has 3 saturated carbocycles. The van der Waals surface area contributed by atoms with Crippen molar-refractivity contribution in [3.63, 3.8) is 0 Å². The Morgan fingerprint density at radius 2 is 1.26 bits per heavy atom. The molecule has 0 amide bonds. The highest BCUT2D eigenvalue weighted by Gasteiger charge is 2.32. The zero-order chi connectivity index (χ0) is 23.9. The molecule has 1 aromatic carbocycles. The van der Waals surface area contributed by atoms with Crippen molar-refractivity contribution in [3.8, 4) is 0 Å². The zero-order valence-corrected chi connectivity index (χ0v) is 21.8. The lowest BCUT2D eigenvalue weighted by molar-refractivity contribution is 0.158. The summed E-state index contributed by atoms with van der Waals surface area (Å²) in [5.41, 5.74) is 1.18. The van der Waals surface area contributed by atoms with Crippen LogP contribution in [0, 0.1) is 41.2 Å². The van der Waals surface area contributed by atoms with Crippen LogP contribution in [-0.2, 0) is 6.42 Å². The van der Waals surface area contributed by atoms with Crippen molar-refractivity contribution in [2.75, 3.05) is 0 Å². The maximum absolute atomic E-state index is 15.1. The van der Waals surface area contributed by atoms with E-state index in [9.17, 15) is 4.39 Å². The van der Waals surface area contributed by atoms with E-state index in [1.54, 1.807) is 0 Å². The Kier molecular flexibility index (Phi) is 9.66. The van der Waals surface area contributed by atoms with Crippen LogP contribution in [0.4, 0.5) is 8.78 Å². The number of halogens is 2. The van der Waals surface area contributed by atoms with Crippen molar-refractivity contribution in [3.05, 3.63) is 47.0 Å². The monoisotopic (exact) mass is 470 g/mol. The molecule has 4 rings (SSSR count). The molecule has 2 heteroatoms. The van der Waals surface area contributed by atoms with Gasteiger partial charge < -0.3 is 0 Å². The Labute approximate surface area is 208 Å². The molecular formula is C32H48F2. The molecule has 0 nitrogen and oxygen atoms in total. The second-order valence-corrected chi connectivity index (χ2v) is 11.9. The topological polar surface area (TPSA) is 0 Å². The van der Waals surface area contributed by atoms with Crippen LogP contribution in [0.2, 0.25) is 0 Å². The van der Waals surface area contributed by atoms with Crippen molar-refractivity contribution in [1.29, 1.82) is 0 Å². The Balaban J connectivity index is 1.25. The predicted molar refractivity (Wildman–Crippen MR) is 140 cm³/mol. The standard InChI is InChI=1S/C32H48F2/c1-3-23-9-11-25(12-10-23)7-5-6-8-29-21-22-30(32(34)31(29)33)28-19-17-27(18-20-28)26-15-13-24(4-2)14-16-26/h5,7,21-28H,3-4,6,8-20H2,1-2H3/b7-5+. The molecule has 0 heterocycles. The molecule has 0 saturated heterocycles. The Bertz CT molecular complexity index is 772. The van der Waals surface area contributed by atoms with Crippen LogP contribution in [0.25, 0.3) is 0 Å². The van der Waals surface area contributed by atoms with Crippen LogP contribution in [-0.4, -0.2) is 0 Å². The molecule has 0 atom stereocenters. The van der Waals surface area contributed by atoms with Gasteiger partial charge in [-0.05, 0) is 124 Å². The van der Waals surface area contributed by atoms with Gasteiger partial charge in [-0.2, -0.15) is 0 Å². The lowest BCUT2D eigenvalue weighted by Crippen LogP contribution is -2.25. The number of benzene rings is 1. The molecule has 3 aliphatic rings. The first-order chi connectivity index (χ1) is 16.6. The summed E-state index contributed by atoms with van der Waals surface area (Å²) in [6.07, 6.45) is 23.8. The Morgan fingerprint density at radius 1 is 0.706 bits per heavy atom. The van der Waals surface area contributed by atoms with Crippen LogP contribution in [0.3, 0.4) is 0 Å². The average Bonchev–Trinajstić information content (AvgIpc) is 2.89. The largest absolute Gasteiger partial charge is 0.203 e. The van der Waals surface area contributed by atoms with Crippen molar-refractivity contribution in [2.24, 2.45) is 29.6 Å². The van der Waals surface area contributed by atoms with E-state index in [-0.39, 0.29) is 5.92 Å². The molecule has 3 fully saturated rings. The Hall–Kier alpha value is -1.18. The maximum Gasteiger partial charge on any atom is 0.162 e. The maximum atomic E-state index is 15.1. The quantitative estimate of drug-likeness (QED) is 0.331. The molecule has 0 unspecified atom stereocenters. The second kappa shape index (κ2) is 12.7. The van der Waals surface area contributed by atoms with Gasteiger partial charge in [0.05, 0.1) is 0 Å². The minimum Gasteiger partial charge on any atom is -0.203 e. The highest BCUT2D eigenvalue weighted by molar-refractivity contribution is 5.29. The molecule has 0 aliphatic heterocycles. The second-order valence-electron chi connectivity index (χ2n) is 11.9. The van der Waals surface area contributed by atoms with Gasteiger partial charge in [-0.25, -0.2) is 8.78 Å². The molecule has 3 aliphatic carbocycles. The van der Waals surface area contributed by atoms with Crippen LogP contribution in [0.5, 0.6) is 0 Å². The van der Waals surface area contributed by atoms with E-state index in [1.807, 2.05) is 12.1 Å². The highest BCUT2D eigenvalue weighted by atomic mass is 19.2. The smallest absolute Gasteiger partial charge is 0.162 e. The van der Waals surface area contributed by atoms with Crippen LogP contribution >= 0.6 is 0 Å². The fourth-order valence-corrected chi connectivity index (χ4v) is 7.40. The van der Waals surface area contributed by atoms with Gasteiger partial charge in [0.2, 0.25) is 0 Å². The van der Waals surface area contributed by atoms with Crippen LogP contribution in [0.15, 0.2) is 24.3 Å². The van der Waals surface area contributed by atoms with E-state index in [0.717, 1.165) is 42.9 Å². The van der Waals surface area contributed by atoms with Gasteiger partial charge in [0, 0.05) is 0 Å². The summed E-state index contributed by atoms with van der Waals surface area (Å²) in [4.78, 5) is 0. The molecule has 1 aromatic rings. The van der Waals surface area contributed by atoms with Crippen molar-refractivity contribution in [1.82, 2.24) is 0 Å². The van der Waals surface area contributed by atoms with Gasteiger partial charge in [0.1, 0.15) is 0 Å². The predicted octanol–water partition coefficient (Wildman–Crippen LogP) is 10.2. The summed E-state index contributed by atoms with van der Waals surface area (Å²) in [6, 6.07) is 3.77. The summed E-state index contributed by atoms with van der Waals surface area (Å²) in [5.74, 6) is 3.28. The molecule has 190 valence electrons. The van der Waals surface area contributed by atoms with Crippen LogP contribution < -0.4 is 0 Å². The number of hydrogen-bond acceptors (Lipinski definition) is 0. The van der Waals surface area contributed by atoms with Crippen molar-refractivity contribution >= 4 is 0 Å². The lowest BCUT2D eigenvalue weighted by atomic mass is 9.68. The van der Waals surface area contributed by atoms with Gasteiger partial charge >= 0.3 is 0 Å². The van der Waals surface area contributed by atoms with Gasteiger partial charge in [0.15, 0.2) is 11.6 Å². The first-order valence-corrected chi connectivity index (χ1v) is 14.7. The van der Waals surface area contributed by atoms with Gasteiger partial charge in [0.25, 0.3) is 0 Å². The normalized spacial score (nSPS) is 32.8. The number of aryl methyl sites for hydroxylation is 1. The summed E-state index contributed by atoms with van der Waals surface area (Å²) in [7, 11) is 0. The van der Waals surface area contributed by atoms with E-state index in [2.05, 4.69) is 26.0 Å². The fraction of sp³-hybridized carbons (Fsp3) is 0.750. The van der Waals surface area contributed by atoms with Crippen LogP contribution in [0.1, 0.15) is 127 Å². The minimum absolute atomic E-state index is 0.199. The SMILES string of the molecule is CCC1CCC(/C=C/CCc2ccc(C3CCC(C4CCC(CC)CC4)CC3)c(F)c2F)CC1. The first kappa shape index (κ1) is 25.9.